The zero-order chi connectivity index (χ0) is 12.7. The van der Waals surface area contributed by atoms with Crippen molar-refractivity contribution in [2.45, 2.75) is 27.2 Å². The molecular formula is C14H24N2O. The van der Waals surface area contributed by atoms with Crippen LogP contribution >= 0.6 is 0 Å². The highest BCUT2D eigenvalue weighted by Crippen LogP contribution is 2.22. The first-order valence-electron chi connectivity index (χ1n) is 6.44. The van der Waals surface area contributed by atoms with Crippen molar-refractivity contribution in [1.82, 2.24) is 4.90 Å². The molecule has 0 aromatic heterocycles. The lowest BCUT2D eigenvalue weighted by Gasteiger charge is -2.18. The molecule has 3 heteroatoms. The average Bonchev–Trinajstić information content (AvgIpc) is 2.34. The highest BCUT2D eigenvalue weighted by atomic mass is 16.5. The zero-order valence-electron chi connectivity index (χ0n) is 11.2. The highest BCUT2D eigenvalue weighted by Gasteiger charge is 2.03. The van der Waals surface area contributed by atoms with Gasteiger partial charge in [0, 0.05) is 6.54 Å². The van der Waals surface area contributed by atoms with Gasteiger partial charge in [0.05, 0.1) is 12.3 Å². The van der Waals surface area contributed by atoms with Crippen LogP contribution in [0.4, 0.5) is 5.69 Å². The number of rotatable bonds is 7. The second-order valence-corrected chi connectivity index (χ2v) is 4.08. The Morgan fingerprint density at radius 1 is 1.18 bits per heavy atom. The molecule has 1 aromatic carbocycles. The largest absolute Gasteiger partial charge is 0.492 e. The quantitative estimate of drug-likeness (QED) is 0.739. The Labute approximate surface area is 105 Å². The molecule has 0 heterocycles. The summed E-state index contributed by atoms with van der Waals surface area (Å²) in [4.78, 5) is 2.41. The van der Waals surface area contributed by atoms with E-state index < -0.39 is 0 Å². The first kappa shape index (κ1) is 13.8. The lowest BCUT2D eigenvalue weighted by molar-refractivity contribution is 0.308. The predicted octanol–water partition coefficient (Wildman–Crippen LogP) is 2.55. The Balaban J connectivity index is 2.58. The molecule has 1 rings (SSSR count). The van der Waals surface area contributed by atoms with Crippen LogP contribution in [0, 0.1) is 0 Å². The van der Waals surface area contributed by atoms with Crippen LogP contribution in [0.5, 0.6) is 5.75 Å². The monoisotopic (exact) mass is 236 g/mol. The van der Waals surface area contributed by atoms with E-state index in [2.05, 4.69) is 24.8 Å². The summed E-state index contributed by atoms with van der Waals surface area (Å²) in [5, 5.41) is 0. The van der Waals surface area contributed by atoms with E-state index in [4.69, 9.17) is 10.5 Å². The topological polar surface area (TPSA) is 38.5 Å². The van der Waals surface area contributed by atoms with Crippen LogP contribution in [0.15, 0.2) is 18.2 Å². The summed E-state index contributed by atoms with van der Waals surface area (Å²) in [6.07, 6.45) is 1.04. The number of hydrogen-bond donors (Lipinski definition) is 1. The van der Waals surface area contributed by atoms with Crippen LogP contribution in [0.3, 0.4) is 0 Å². The van der Waals surface area contributed by atoms with Crippen molar-refractivity contribution in [3.63, 3.8) is 0 Å². The lowest BCUT2D eigenvalue weighted by Crippen LogP contribution is -2.25. The van der Waals surface area contributed by atoms with E-state index in [-0.39, 0.29) is 0 Å². The van der Waals surface area contributed by atoms with Gasteiger partial charge in [-0.15, -0.1) is 0 Å². The van der Waals surface area contributed by atoms with Gasteiger partial charge < -0.3 is 15.4 Å². The normalized spacial score (nSPS) is 10.8. The van der Waals surface area contributed by atoms with Gasteiger partial charge in [-0.3, -0.25) is 0 Å². The smallest absolute Gasteiger partial charge is 0.142 e. The lowest BCUT2D eigenvalue weighted by atomic mass is 10.1. The molecule has 0 aliphatic carbocycles. The van der Waals surface area contributed by atoms with E-state index in [1.165, 1.54) is 5.56 Å². The Hall–Kier alpha value is -1.22. The average molecular weight is 236 g/mol. The molecule has 17 heavy (non-hydrogen) atoms. The van der Waals surface area contributed by atoms with Crippen molar-refractivity contribution < 1.29 is 4.74 Å². The van der Waals surface area contributed by atoms with Gasteiger partial charge in [-0.2, -0.15) is 0 Å². The molecule has 0 radical (unpaired) electrons. The minimum atomic E-state index is 0.656. The number of ether oxygens (including phenoxy) is 1. The number of nitrogens with two attached hydrogens (primary N) is 1. The van der Waals surface area contributed by atoms with E-state index in [0.717, 1.165) is 37.5 Å². The first-order valence-corrected chi connectivity index (χ1v) is 6.44. The van der Waals surface area contributed by atoms with E-state index >= 15 is 0 Å². The van der Waals surface area contributed by atoms with Gasteiger partial charge in [0.15, 0.2) is 0 Å². The Morgan fingerprint density at radius 2 is 1.88 bits per heavy atom. The molecule has 0 atom stereocenters. The Bertz CT molecular complexity index is 335. The standard InChI is InChI=1S/C14H24N2O/c1-4-16(5-2)10-9-12-7-8-14(17-6-3)13(15)11-12/h7-8,11H,4-6,9-10,15H2,1-3H3. The van der Waals surface area contributed by atoms with Crippen molar-refractivity contribution in [2.24, 2.45) is 0 Å². The molecule has 0 bridgehead atoms. The fourth-order valence-corrected chi connectivity index (χ4v) is 1.87. The summed E-state index contributed by atoms with van der Waals surface area (Å²) in [5.41, 5.74) is 7.96. The number of anilines is 1. The van der Waals surface area contributed by atoms with Crippen LogP contribution in [-0.4, -0.2) is 31.1 Å². The van der Waals surface area contributed by atoms with E-state index in [9.17, 15) is 0 Å². The van der Waals surface area contributed by atoms with Crippen molar-refractivity contribution in [3.8, 4) is 5.75 Å². The minimum absolute atomic E-state index is 0.656. The number of likely N-dealkylation sites (N-methyl/N-ethyl adjacent to an activating group) is 1. The summed E-state index contributed by atoms with van der Waals surface area (Å²) >= 11 is 0. The zero-order valence-corrected chi connectivity index (χ0v) is 11.2. The molecule has 96 valence electrons. The third-order valence-corrected chi connectivity index (χ3v) is 2.99. The third-order valence-electron chi connectivity index (χ3n) is 2.99. The van der Waals surface area contributed by atoms with E-state index in [0.29, 0.717) is 6.61 Å². The van der Waals surface area contributed by atoms with Crippen LogP contribution < -0.4 is 10.5 Å². The maximum Gasteiger partial charge on any atom is 0.142 e. The molecule has 0 amide bonds. The summed E-state index contributed by atoms with van der Waals surface area (Å²) < 4.78 is 5.42. The van der Waals surface area contributed by atoms with Gasteiger partial charge in [0.2, 0.25) is 0 Å². The van der Waals surface area contributed by atoms with E-state index in [1.807, 2.05) is 19.1 Å². The Morgan fingerprint density at radius 3 is 2.41 bits per heavy atom. The SMILES string of the molecule is CCOc1ccc(CCN(CC)CC)cc1N. The second kappa shape index (κ2) is 7.17. The summed E-state index contributed by atoms with van der Waals surface area (Å²) in [5.74, 6) is 0.791. The number of nitrogen functional groups attached to an aromatic ring is 1. The predicted molar refractivity (Wildman–Crippen MR) is 73.5 cm³/mol. The van der Waals surface area contributed by atoms with Gasteiger partial charge >= 0.3 is 0 Å². The number of benzene rings is 1. The van der Waals surface area contributed by atoms with Crippen LogP contribution in [0.2, 0.25) is 0 Å². The minimum Gasteiger partial charge on any atom is -0.492 e. The van der Waals surface area contributed by atoms with Crippen molar-refractivity contribution in [1.29, 1.82) is 0 Å². The molecule has 3 nitrogen and oxygen atoms in total. The van der Waals surface area contributed by atoms with Crippen LogP contribution in [0.1, 0.15) is 26.3 Å². The van der Waals surface area contributed by atoms with Gasteiger partial charge in [-0.05, 0) is 44.1 Å². The summed E-state index contributed by atoms with van der Waals surface area (Å²) in [6.45, 7) is 10.3. The van der Waals surface area contributed by atoms with Gasteiger partial charge in [0.25, 0.3) is 0 Å². The maximum atomic E-state index is 5.94. The molecule has 0 spiro atoms. The van der Waals surface area contributed by atoms with Crippen molar-refractivity contribution in [2.75, 3.05) is 32.0 Å². The van der Waals surface area contributed by atoms with Gasteiger partial charge in [0.1, 0.15) is 5.75 Å². The van der Waals surface area contributed by atoms with Crippen molar-refractivity contribution in [3.05, 3.63) is 23.8 Å². The van der Waals surface area contributed by atoms with Crippen LogP contribution in [-0.2, 0) is 6.42 Å². The molecule has 0 saturated heterocycles. The highest BCUT2D eigenvalue weighted by molar-refractivity contribution is 5.54. The fourth-order valence-electron chi connectivity index (χ4n) is 1.87. The first-order chi connectivity index (χ1) is 8.21. The summed E-state index contributed by atoms with van der Waals surface area (Å²) in [6, 6.07) is 6.09. The molecular weight excluding hydrogens is 212 g/mol. The molecule has 0 aliphatic rings. The van der Waals surface area contributed by atoms with Crippen LogP contribution in [0.25, 0.3) is 0 Å². The van der Waals surface area contributed by atoms with Crippen molar-refractivity contribution >= 4 is 5.69 Å². The molecule has 0 fully saturated rings. The van der Waals surface area contributed by atoms with E-state index in [1.54, 1.807) is 0 Å². The molecule has 1 aromatic rings. The molecule has 0 unspecified atom stereocenters. The summed E-state index contributed by atoms with van der Waals surface area (Å²) in [7, 11) is 0. The van der Waals surface area contributed by atoms with Gasteiger partial charge in [-0.25, -0.2) is 0 Å². The maximum absolute atomic E-state index is 5.94. The molecule has 2 N–H and O–H groups in total. The Kier molecular flexibility index (Phi) is 5.84. The molecule has 0 aliphatic heterocycles. The third kappa shape index (κ3) is 4.27. The number of nitrogens with zero attached hydrogens (tertiary/aromatic N) is 1. The second-order valence-electron chi connectivity index (χ2n) is 4.08. The van der Waals surface area contributed by atoms with Gasteiger partial charge in [-0.1, -0.05) is 19.9 Å². The number of hydrogen-bond acceptors (Lipinski definition) is 3. The fraction of sp³-hybridized carbons (Fsp3) is 0.571. The molecule has 0 saturated carbocycles.